The van der Waals surface area contributed by atoms with E-state index in [4.69, 9.17) is 5.73 Å². The maximum absolute atomic E-state index is 9.54. The number of nitrogens with zero attached hydrogens (tertiary/aromatic N) is 3. The van der Waals surface area contributed by atoms with Crippen molar-refractivity contribution in [2.75, 3.05) is 11.1 Å². The third-order valence-corrected chi connectivity index (χ3v) is 4.06. The minimum Gasteiger partial charge on any atom is -0.393 e. The molecule has 1 aromatic rings. The summed E-state index contributed by atoms with van der Waals surface area (Å²) in [6.07, 6.45) is 4.17. The van der Waals surface area contributed by atoms with Gasteiger partial charge in [0.2, 0.25) is 0 Å². The molecule has 1 fully saturated rings. The van der Waals surface area contributed by atoms with E-state index in [9.17, 15) is 10.4 Å². The van der Waals surface area contributed by atoms with Crippen molar-refractivity contribution in [1.82, 2.24) is 9.78 Å². The van der Waals surface area contributed by atoms with Gasteiger partial charge in [0.25, 0.3) is 0 Å². The van der Waals surface area contributed by atoms with Crippen LogP contribution in [0.2, 0.25) is 0 Å². The number of nitrogens with two attached hydrogens (primary N) is 1. The summed E-state index contributed by atoms with van der Waals surface area (Å²) in [5.41, 5.74) is 6.46. The van der Waals surface area contributed by atoms with Crippen LogP contribution in [0.3, 0.4) is 0 Å². The largest absolute Gasteiger partial charge is 0.393 e. The fraction of sp³-hybridized carbons (Fsp3) is 0.733. The lowest BCUT2D eigenvalue weighted by molar-refractivity contribution is 0.126. The summed E-state index contributed by atoms with van der Waals surface area (Å²) in [7, 11) is 0. The van der Waals surface area contributed by atoms with Gasteiger partial charge in [-0.3, -0.25) is 0 Å². The zero-order valence-electron chi connectivity index (χ0n) is 12.8. The van der Waals surface area contributed by atoms with E-state index in [2.05, 4.69) is 30.3 Å². The molecule has 1 aliphatic carbocycles. The minimum absolute atomic E-state index is 0.188. The van der Waals surface area contributed by atoms with E-state index in [1.54, 1.807) is 4.68 Å². The highest BCUT2D eigenvalue weighted by Gasteiger charge is 2.23. The fourth-order valence-electron chi connectivity index (χ4n) is 2.65. The van der Waals surface area contributed by atoms with Gasteiger partial charge < -0.3 is 16.2 Å². The first kappa shape index (κ1) is 15.6. The van der Waals surface area contributed by atoms with Crippen molar-refractivity contribution in [3.63, 3.8) is 0 Å². The van der Waals surface area contributed by atoms with Gasteiger partial charge >= 0.3 is 0 Å². The van der Waals surface area contributed by atoms with Gasteiger partial charge in [-0.2, -0.15) is 10.4 Å². The van der Waals surface area contributed by atoms with Crippen LogP contribution in [0.15, 0.2) is 0 Å². The molecule has 0 spiro atoms. The Kier molecular flexibility index (Phi) is 5.07. The number of hydrogen-bond acceptors (Lipinski definition) is 5. The van der Waals surface area contributed by atoms with Crippen molar-refractivity contribution in [3.05, 3.63) is 5.56 Å². The molecule has 6 heteroatoms. The molecule has 1 heterocycles. The maximum atomic E-state index is 9.54. The Morgan fingerprint density at radius 1 is 1.43 bits per heavy atom. The molecule has 0 aromatic carbocycles. The number of anilines is 2. The number of nitriles is 1. The van der Waals surface area contributed by atoms with Crippen LogP contribution in [0.4, 0.5) is 11.6 Å². The van der Waals surface area contributed by atoms with Gasteiger partial charge in [-0.25, -0.2) is 4.68 Å². The van der Waals surface area contributed by atoms with Crippen LogP contribution in [0.25, 0.3) is 0 Å². The monoisotopic (exact) mass is 291 g/mol. The van der Waals surface area contributed by atoms with Gasteiger partial charge in [0, 0.05) is 12.6 Å². The van der Waals surface area contributed by atoms with E-state index in [-0.39, 0.29) is 12.1 Å². The standard InChI is InChI=1S/C15H25N5O/c1-10(2)7-8-20-14(17)13(9-16)15(19-20)18-11-3-5-12(21)6-4-11/h10-12,21H,3-8,17H2,1-2H3,(H,18,19). The molecule has 4 N–H and O–H groups in total. The van der Waals surface area contributed by atoms with Gasteiger partial charge in [-0.05, 0) is 38.0 Å². The van der Waals surface area contributed by atoms with E-state index in [1.165, 1.54) is 0 Å². The first-order valence-electron chi connectivity index (χ1n) is 7.72. The van der Waals surface area contributed by atoms with E-state index in [1.807, 2.05) is 0 Å². The number of rotatable bonds is 5. The van der Waals surface area contributed by atoms with E-state index in [0.29, 0.717) is 23.1 Å². The number of nitrogens with one attached hydrogen (secondary N) is 1. The summed E-state index contributed by atoms with van der Waals surface area (Å²) >= 11 is 0. The molecule has 2 rings (SSSR count). The lowest BCUT2D eigenvalue weighted by Crippen LogP contribution is -2.28. The van der Waals surface area contributed by atoms with Crippen LogP contribution in [0, 0.1) is 17.2 Å². The van der Waals surface area contributed by atoms with Crippen LogP contribution in [0.1, 0.15) is 51.5 Å². The Labute approximate surface area is 125 Å². The van der Waals surface area contributed by atoms with Crippen molar-refractivity contribution < 1.29 is 5.11 Å². The summed E-state index contributed by atoms with van der Waals surface area (Å²) in [4.78, 5) is 0. The van der Waals surface area contributed by atoms with Gasteiger partial charge in [0.15, 0.2) is 5.82 Å². The number of aliphatic hydroxyl groups is 1. The van der Waals surface area contributed by atoms with Crippen molar-refractivity contribution in [2.45, 2.75) is 64.6 Å². The number of aliphatic hydroxyl groups excluding tert-OH is 1. The normalized spacial score (nSPS) is 22.2. The lowest BCUT2D eigenvalue weighted by atomic mass is 9.93. The Balaban J connectivity index is 2.08. The highest BCUT2D eigenvalue weighted by Crippen LogP contribution is 2.26. The van der Waals surface area contributed by atoms with Crippen LogP contribution in [-0.2, 0) is 6.54 Å². The van der Waals surface area contributed by atoms with E-state index < -0.39 is 0 Å². The smallest absolute Gasteiger partial charge is 0.168 e. The summed E-state index contributed by atoms with van der Waals surface area (Å²) in [5, 5.41) is 26.6. The molecule has 116 valence electrons. The second-order valence-corrected chi connectivity index (χ2v) is 6.28. The third-order valence-electron chi connectivity index (χ3n) is 4.06. The number of hydrogen-bond donors (Lipinski definition) is 3. The molecule has 0 atom stereocenters. The summed E-state index contributed by atoms with van der Waals surface area (Å²) in [6.45, 7) is 5.03. The van der Waals surface area contributed by atoms with Crippen LogP contribution in [0.5, 0.6) is 0 Å². The Morgan fingerprint density at radius 3 is 2.67 bits per heavy atom. The predicted octanol–water partition coefficient (Wildman–Crippen LogP) is 2.10. The van der Waals surface area contributed by atoms with E-state index in [0.717, 1.165) is 38.6 Å². The Hall–Kier alpha value is -1.74. The van der Waals surface area contributed by atoms with Gasteiger partial charge in [0.1, 0.15) is 17.5 Å². The molecule has 0 aliphatic heterocycles. The number of aromatic nitrogens is 2. The first-order valence-corrected chi connectivity index (χ1v) is 7.72. The van der Waals surface area contributed by atoms with Crippen molar-refractivity contribution in [2.24, 2.45) is 5.92 Å². The number of aryl methyl sites for hydroxylation is 1. The summed E-state index contributed by atoms with van der Waals surface area (Å²) in [6, 6.07) is 2.41. The number of nitrogen functional groups attached to an aromatic ring is 1. The van der Waals surface area contributed by atoms with Crippen LogP contribution in [-0.4, -0.2) is 27.0 Å². The zero-order valence-corrected chi connectivity index (χ0v) is 12.8. The molecule has 21 heavy (non-hydrogen) atoms. The molecule has 0 amide bonds. The SMILES string of the molecule is CC(C)CCn1nc(NC2CCC(O)CC2)c(C#N)c1N. The minimum atomic E-state index is -0.188. The lowest BCUT2D eigenvalue weighted by Gasteiger charge is -2.26. The highest BCUT2D eigenvalue weighted by atomic mass is 16.3. The second-order valence-electron chi connectivity index (χ2n) is 6.28. The van der Waals surface area contributed by atoms with Gasteiger partial charge in [-0.15, -0.1) is 0 Å². The third kappa shape index (κ3) is 3.88. The zero-order chi connectivity index (χ0) is 15.4. The molecule has 0 radical (unpaired) electrons. The quantitative estimate of drug-likeness (QED) is 0.771. The molecule has 0 unspecified atom stereocenters. The molecule has 6 nitrogen and oxygen atoms in total. The topological polar surface area (TPSA) is 99.9 Å². The molecular weight excluding hydrogens is 266 g/mol. The van der Waals surface area contributed by atoms with Crippen LogP contribution >= 0.6 is 0 Å². The average molecular weight is 291 g/mol. The summed E-state index contributed by atoms with van der Waals surface area (Å²) < 4.78 is 1.72. The predicted molar refractivity (Wildman–Crippen MR) is 82.7 cm³/mol. The molecule has 1 aromatic heterocycles. The average Bonchev–Trinajstić information content (AvgIpc) is 2.74. The Morgan fingerprint density at radius 2 is 2.10 bits per heavy atom. The molecule has 1 aliphatic rings. The summed E-state index contributed by atoms with van der Waals surface area (Å²) in [5.74, 6) is 1.59. The second kappa shape index (κ2) is 6.81. The Bertz CT molecular complexity index is 509. The molecule has 1 saturated carbocycles. The van der Waals surface area contributed by atoms with E-state index >= 15 is 0 Å². The van der Waals surface area contributed by atoms with Crippen molar-refractivity contribution in [3.8, 4) is 6.07 Å². The van der Waals surface area contributed by atoms with Gasteiger partial charge in [-0.1, -0.05) is 13.8 Å². The molecule has 0 saturated heterocycles. The van der Waals surface area contributed by atoms with Crippen molar-refractivity contribution >= 4 is 11.6 Å². The molecular formula is C15H25N5O. The van der Waals surface area contributed by atoms with Crippen molar-refractivity contribution in [1.29, 1.82) is 5.26 Å². The van der Waals surface area contributed by atoms with Crippen LogP contribution < -0.4 is 11.1 Å². The highest BCUT2D eigenvalue weighted by molar-refractivity contribution is 5.64. The fourth-order valence-corrected chi connectivity index (χ4v) is 2.65. The first-order chi connectivity index (χ1) is 10.0. The molecule has 0 bridgehead atoms. The van der Waals surface area contributed by atoms with Gasteiger partial charge in [0.05, 0.1) is 6.10 Å². The maximum Gasteiger partial charge on any atom is 0.168 e.